The summed E-state index contributed by atoms with van der Waals surface area (Å²) in [6.45, 7) is 6.74. The topological polar surface area (TPSA) is 115 Å². The summed E-state index contributed by atoms with van der Waals surface area (Å²) in [6.07, 6.45) is 10.7. The summed E-state index contributed by atoms with van der Waals surface area (Å²) in [5.74, 6) is 1.57. The van der Waals surface area contributed by atoms with Gasteiger partial charge < -0.3 is 30.2 Å². The van der Waals surface area contributed by atoms with Gasteiger partial charge in [-0.2, -0.15) is 0 Å². The first-order chi connectivity index (χ1) is 18.2. The second kappa shape index (κ2) is 9.63. The lowest BCUT2D eigenvalue weighted by atomic mass is 9.43. The average Bonchev–Trinajstić information content (AvgIpc) is 3.20. The van der Waals surface area contributed by atoms with Crippen molar-refractivity contribution in [2.24, 2.45) is 28.6 Å². The maximum Gasteiger partial charge on any atom is 0.335 e. The van der Waals surface area contributed by atoms with Gasteiger partial charge in [-0.05, 0) is 98.5 Å². The molecule has 38 heavy (non-hydrogen) atoms. The summed E-state index contributed by atoms with van der Waals surface area (Å²) in [6, 6.07) is 3.57. The number of carbonyl (C=O) groups excluding carboxylic acids is 1. The summed E-state index contributed by atoms with van der Waals surface area (Å²) in [5.41, 5.74) is 0.0126. The van der Waals surface area contributed by atoms with Gasteiger partial charge in [-0.15, -0.1) is 0 Å². The summed E-state index contributed by atoms with van der Waals surface area (Å²) in [5, 5.41) is 28.5. The number of aliphatic hydroxyl groups excluding tert-OH is 1. The number of piperazine rings is 1. The van der Waals surface area contributed by atoms with Crippen molar-refractivity contribution in [1.82, 2.24) is 15.5 Å². The van der Waals surface area contributed by atoms with Gasteiger partial charge in [-0.1, -0.05) is 13.8 Å². The van der Waals surface area contributed by atoms with Gasteiger partial charge in [0.1, 0.15) is 0 Å². The summed E-state index contributed by atoms with van der Waals surface area (Å²) in [7, 11) is 0. The Kier molecular flexibility index (Phi) is 6.67. The molecule has 0 aromatic carbocycles. The molecule has 2 heterocycles. The molecule has 1 aromatic heterocycles. The van der Waals surface area contributed by atoms with Crippen LogP contribution in [0, 0.1) is 28.6 Å². The molecule has 0 unspecified atom stereocenters. The minimum Gasteiger partial charge on any atom is -0.431 e. The standard InChI is InChI=1S/C30H45N3O5/c1-28-10-7-21(32-27(36)33-14-13-31-22(16-33)17-34)15-20(28)4-5-25-24(28)8-11-29(2)23(9-12-30(25,29)37)19-3-6-26(35)38-18-19/h3,6,18,20-25,31,34,37H,4-5,7-17H2,1-2H3,(H,32,36)/t20-,21+,22+,23-,24+,25-,28+,29-,30+/m1/s1. The van der Waals surface area contributed by atoms with Crippen LogP contribution in [0.4, 0.5) is 4.79 Å². The van der Waals surface area contributed by atoms with Crippen LogP contribution >= 0.6 is 0 Å². The minimum absolute atomic E-state index is 0.00345. The zero-order valence-electron chi connectivity index (χ0n) is 23.0. The van der Waals surface area contributed by atoms with E-state index in [4.69, 9.17) is 4.42 Å². The van der Waals surface area contributed by atoms with Crippen molar-refractivity contribution in [2.75, 3.05) is 26.2 Å². The zero-order valence-corrected chi connectivity index (χ0v) is 23.0. The molecule has 1 aliphatic heterocycles. The molecule has 1 aromatic rings. The van der Waals surface area contributed by atoms with E-state index in [1.807, 2.05) is 11.0 Å². The van der Waals surface area contributed by atoms with Crippen molar-refractivity contribution < 1.29 is 19.4 Å². The lowest BCUT2D eigenvalue weighted by molar-refractivity contribution is -0.201. The molecule has 5 fully saturated rings. The second-order valence-electron chi connectivity index (χ2n) is 13.6. The molecule has 8 heteroatoms. The van der Waals surface area contributed by atoms with Crippen LogP contribution in [-0.4, -0.2) is 65.1 Å². The number of amides is 2. The maximum atomic E-state index is 13.0. The number of hydrogen-bond acceptors (Lipinski definition) is 6. The van der Waals surface area contributed by atoms with Crippen molar-refractivity contribution in [3.05, 3.63) is 34.4 Å². The number of carbonyl (C=O) groups is 1. The second-order valence-corrected chi connectivity index (χ2v) is 13.6. The Morgan fingerprint density at radius 1 is 1.13 bits per heavy atom. The van der Waals surface area contributed by atoms with Crippen molar-refractivity contribution in [1.29, 1.82) is 0 Å². The number of aliphatic hydroxyl groups is 2. The average molecular weight is 528 g/mol. The lowest BCUT2D eigenvalue weighted by Gasteiger charge is -2.63. The Bertz CT molecular complexity index is 1090. The van der Waals surface area contributed by atoms with E-state index in [-0.39, 0.29) is 47.1 Å². The molecule has 5 aliphatic rings. The fourth-order valence-electron chi connectivity index (χ4n) is 9.86. The highest BCUT2D eigenvalue weighted by molar-refractivity contribution is 5.74. The zero-order chi connectivity index (χ0) is 26.7. The third-order valence-electron chi connectivity index (χ3n) is 12.1. The van der Waals surface area contributed by atoms with E-state index in [0.717, 1.165) is 63.4 Å². The third kappa shape index (κ3) is 4.05. The number of nitrogens with zero attached hydrogens (tertiary/aromatic N) is 1. The summed E-state index contributed by atoms with van der Waals surface area (Å²) in [4.78, 5) is 26.4. The first-order valence-electron chi connectivity index (χ1n) is 14.9. The van der Waals surface area contributed by atoms with Crippen LogP contribution in [0.2, 0.25) is 0 Å². The molecular weight excluding hydrogens is 482 g/mol. The van der Waals surface area contributed by atoms with Gasteiger partial charge >= 0.3 is 11.7 Å². The highest BCUT2D eigenvalue weighted by atomic mass is 16.4. The van der Waals surface area contributed by atoms with Crippen LogP contribution in [0.3, 0.4) is 0 Å². The van der Waals surface area contributed by atoms with E-state index in [2.05, 4.69) is 24.5 Å². The monoisotopic (exact) mass is 527 g/mol. The highest BCUT2D eigenvalue weighted by Gasteiger charge is 2.67. The smallest absolute Gasteiger partial charge is 0.335 e. The first kappa shape index (κ1) is 26.3. The molecule has 1 saturated heterocycles. The summed E-state index contributed by atoms with van der Waals surface area (Å²) < 4.78 is 5.22. The van der Waals surface area contributed by atoms with Gasteiger partial charge in [0.05, 0.1) is 18.5 Å². The SMILES string of the molecule is C[C@]12CC[C@H](NC(=O)N3CCN[C@H](CO)C3)C[C@H]1CC[C@@H]1[C@@H]2CC[C@]2(C)[C@@H](c3ccc(=O)oc3)CC[C@]12O. The van der Waals surface area contributed by atoms with Crippen LogP contribution in [0.25, 0.3) is 0 Å². The van der Waals surface area contributed by atoms with Gasteiger partial charge in [0, 0.05) is 43.2 Å². The van der Waals surface area contributed by atoms with E-state index in [9.17, 15) is 19.8 Å². The normalized spacial score (nSPS) is 44.6. The van der Waals surface area contributed by atoms with Crippen LogP contribution < -0.4 is 16.3 Å². The minimum atomic E-state index is -0.693. The van der Waals surface area contributed by atoms with E-state index in [1.165, 1.54) is 6.07 Å². The molecule has 0 radical (unpaired) electrons. The fraction of sp³-hybridized carbons (Fsp3) is 0.800. The van der Waals surface area contributed by atoms with Gasteiger partial charge in [-0.3, -0.25) is 0 Å². The van der Waals surface area contributed by atoms with Crippen molar-refractivity contribution in [3.8, 4) is 0 Å². The highest BCUT2D eigenvalue weighted by Crippen LogP contribution is 2.70. The summed E-state index contributed by atoms with van der Waals surface area (Å²) >= 11 is 0. The van der Waals surface area contributed by atoms with Crippen LogP contribution in [0.1, 0.15) is 83.1 Å². The Morgan fingerprint density at radius 3 is 2.74 bits per heavy atom. The first-order valence-corrected chi connectivity index (χ1v) is 14.9. The quantitative estimate of drug-likeness (QED) is 0.480. The predicted molar refractivity (Wildman–Crippen MR) is 144 cm³/mol. The Labute approximate surface area is 225 Å². The predicted octanol–water partition coefficient (Wildman–Crippen LogP) is 3.23. The van der Waals surface area contributed by atoms with Crippen molar-refractivity contribution in [2.45, 2.75) is 95.2 Å². The lowest BCUT2D eigenvalue weighted by Crippen LogP contribution is -2.63. The van der Waals surface area contributed by atoms with Gasteiger partial charge in [0.25, 0.3) is 0 Å². The molecule has 4 aliphatic carbocycles. The fourth-order valence-corrected chi connectivity index (χ4v) is 9.86. The maximum absolute atomic E-state index is 13.0. The largest absolute Gasteiger partial charge is 0.431 e. The molecular formula is C30H45N3O5. The Hall–Kier alpha value is -1.90. The number of rotatable bonds is 3. The van der Waals surface area contributed by atoms with E-state index >= 15 is 0 Å². The number of hydrogen-bond donors (Lipinski definition) is 4. The molecule has 9 atom stereocenters. The molecule has 4 saturated carbocycles. The van der Waals surface area contributed by atoms with Crippen LogP contribution in [0.15, 0.2) is 27.6 Å². The molecule has 2 amide bonds. The van der Waals surface area contributed by atoms with E-state index in [1.54, 1.807) is 6.26 Å². The Balaban J connectivity index is 1.14. The van der Waals surface area contributed by atoms with Crippen LogP contribution in [0.5, 0.6) is 0 Å². The number of fused-ring (bicyclic) bond motifs is 5. The van der Waals surface area contributed by atoms with E-state index in [0.29, 0.717) is 37.4 Å². The van der Waals surface area contributed by atoms with Gasteiger partial charge in [0.15, 0.2) is 0 Å². The molecule has 6 rings (SSSR count). The van der Waals surface area contributed by atoms with Gasteiger partial charge in [0.2, 0.25) is 0 Å². The van der Waals surface area contributed by atoms with Crippen LogP contribution in [-0.2, 0) is 0 Å². The van der Waals surface area contributed by atoms with Crippen molar-refractivity contribution >= 4 is 6.03 Å². The molecule has 4 N–H and O–H groups in total. The molecule has 0 spiro atoms. The molecule has 8 nitrogen and oxygen atoms in total. The number of nitrogens with one attached hydrogen (secondary N) is 2. The number of urea groups is 1. The molecule has 0 bridgehead atoms. The Morgan fingerprint density at radius 2 is 1.97 bits per heavy atom. The van der Waals surface area contributed by atoms with Gasteiger partial charge in [-0.25, -0.2) is 9.59 Å². The molecule has 210 valence electrons. The van der Waals surface area contributed by atoms with Crippen molar-refractivity contribution in [3.63, 3.8) is 0 Å². The third-order valence-corrected chi connectivity index (χ3v) is 12.1. The van der Waals surface area contributed by atoms with E-state index < -0.39 is 5.60 Å².